The predicted octanol–water partition coefficient (Wildman–Crippen LogP) is 5.75. The van der Waals surface area contributed by atoms with Crippen LogP contribution in [0.2, 0.25) is 18.1 Å². The summed E-state index contributed by atoms with van der Waals surface area (Å²) in [6.45, 7) is 6.81. The summed E-state index contributed by atoms with van der Waals surface area (Å²) < 4.78 is 0. The van der Waals surface area contributed by atoms with Gasteiger partial charge in [-0.1, -0.05) is 99.6 Å². The first-order valence-corrected chi connectivity index (χ1v) is 12.4. The highest BCUT2D eigenvalue weighted by Gasteiger charge is 2.41. The topological polar surface area (TPSA) is 29.1 Å². The highest BCUT2D eigenvalue weighted by Crippen LogP contribution is 2.41. The van der Waals surface area contributed by atoms with E-state index in [4.69, 9.17) is 0 Å². The number of hydrogen-bond acceptors (Lipinski definition) is 1. The van der Waals surface area contributed by atoms with Gasteiger partial charge in [0.1, 0.15) is 0 Å². The van der Waals surface area contributed by atoms with E-state index in [2.05, 4.69) is 62.5 Å². The van der Waals surface area contributed by atoms with Gasteiger partial charge < -0.3 is 5.32 Å². The van der Waals surface area contributed by atoms with Gasteiger partial charge in [-0.3, -0.25) is 4.79 Å². The lowest BCUT2D eigenvalue weighted by molar-refractivity contribution is -0.118. The van der Waals surface area contributed by atoms with E-state index in [0.717, 1.165) is 29.7 Å². The minimum atomic E-state index is -1.79. The molecule has 1 amide bonds. The van der Waals surface area contributed by atoms with E-state index < -0.39 is 8.07 Å². The fourth-order valence-electron chi connectivity index (χ4n) is 4.35. The predicted molar refractivity (Wildman–Crippen MR) is 113 cm³/mol. The maximum absolute atomic E-state index is 13.4. The van der Waals surface area contributed by atoms with Gasteiger partial charge in [-0.2, -0.15) is 0 Å². The summed E-state index contributed by atoms with van der Waals surface area (Å²) in [5, 5.41) is 4.47. The van der Waals surface area contributed by atoms with Crippen LogP contribution in [-0.2, 0) is 4.79 Å². The van der Waals surface area contributed by atoms with E-state index in [9.17, 15) is 4.79 Å². The molecule has 2 aromatic carbocycles. The molecule has 26 heavy (non-hydrogen) atoms. The zero-order valence-electron chi connectivity index (χ0n) is 16.1. The standard InChI is InChI=1S/C23H29NOSi/c1-4-26(5-2,6-3)22-20(18-13-9-7-10-14-18)17-21(24-23(22)25)19-15-11-8-12-16-19/h7-16,21H,4-6,17H2,1-3H3,(H,24,25). The molecule has 0 radical (unpaired) electrons. The van der Waals surface area contributed by atoms with E-state index in [-0.39, 0.29) is 11.9 Å². The summed E-state index contributed by atoms with van der Waals surface area (Å²) in [4.78, 5) is 13.4. The average molecular weight is 364 g/mol. The van der Waals surface area contributed by atoms with Gasteiger partial charge in [0.15, 0.2) is 0 Å². The van der Waals surface area contributed by atoms with Crippen LogP contribution in [0.3, 0.4) is 0 Å². The van der Waals surface area contributed by atoms with Gasteiger partial charge in [0.2, 0.25) is 5.91 Å². The molecule has 1 atom stereocenters. The molecule has 0 bridgehead atoms. The van der Waals surface area contributed by atoms with E-state index in [1.54, 1.807) is 0 Å². The van der Waals surface area contributed by atoms with Crippen molar-refractivity contribution in [3.8, 4) is 0 Å². The van der Waals surface area contributed by atoms with Gasteiger partial charge in [-0.25, -0.2) is 0 Å². The number of carbonyl (C=O) groups is 1. The van der Waals surface area contributed by atoms with E-state index in [0.29, 0.717) is 0 Å². The number of nitrogens with one attached hydrogen (secondary N) is 1. The fourth-order valence-corrected chi connectivity index (χ4v) is 8.36. The maximum atomic E-state index is 13.4. The Hall–Kier alpha value is -2.13. The highest BCUT2D eigenvalue weighted by molar-refractivity contribution is 6.91. The smallest absolute Gasteiger partial charge is 0.243 e. The number of carbonyl (C=O) groups excluding carboxylic acids is 1. The molecule has 1 aliphatic heterocycles. The van der Waals surface area contributed by atoms with Crippen molar-refractivity contribution < 1.29 is 4.79 Å². The van der Waals surface area contributed by atoms with Crippen molar-refractivity contribution >= 4 is 19.6 Å². The molecule has 0 saturated heterocycles. The third kappa shape index (κ3) is 3.41. The summed E-state index contributed by atoms with van der Waals surface area (Å²) in [6.07, 6.45) is 0.879. The molecule has 1 heterocycles. The van der Waals surface area contributed by atoms with Gasteiger partial charge in [-0.15, -0.1) is 0 Å². The third-order valence-corrected chi connectivity index (χ3v) is 11.8. The number of rotatable bonds is 6. The molecule has 0 aromatic heterocycles. The zero-order chi connectivity index (χ0) is 18.6. The molecular formula is C23H29NOSi. The van der Waals surface area contributed by atoms with Crippen LogP contribution in [0.1, 0.15) is 44.4 Å². The molecule has 2 nitrogen and oxygen atoms in total. The Balaban J connectivity index is 2.15. The van der Waals surface area contributed by atoms with Gasteiger partial charge in [-0.05, 0) is 23.1 Å². The highest BCUT2D eigenvalue weighted by atomic mass is 28.3. The molecule has 3 rings (SSSR count). The molecule has 1 aliphatic rings. The lowest BCUT2D eigenvalue weighted by Crippen LogP contribution is -2.47. The van der Waals surface area contributed by atoms with Crippen molar-refractivity contribution in [1.29, 1.82) is 0 Å². The van der Waals surface area contributed by atoms with Crippen LogP contribution in [0.25, 0.3) is 5.57 Å². The van der Waals surface area contributed by atoms with Crippen LogP contribution < -0.4 is 5.32 Å². The first kappa shape index (κ1) is 18.7. The Morgan fingerprint density at radius 2 is 1.42 bits per heavy atom. The molecule has 136 valence electrons. The van der Waals surface area contributed by atoms with Crippen LogP contribution >= 0.6 is 0 Å². The molecule has 3 heteroatoms. The zero-order valence-corrected chi connectivity index (χ0v) is 17.1. The Bertz CT molecular complexity index is 770. The summed E-state index contributed by atoms with van der Waals surface area (Å²) in [6, 6.07) is 24.3. The Morgan fingerprint density at radius 3 is 1.96 bits per heavy atom. The van der Waals surface area contributed by atoms with E-state index in [1.807, 2.05) is 24.3 Å². The number of hydrogen-bond donors (Lipinski definition) is 1. The summed E-state index contributed by atoms with van der Waals surface area (Å²) in [5.41, 5.74) is 3.68. The Kier molecular flexibility index (Phi) is 5.77. The van der Waals surface area contributed by atoms with Gasteiger partial charge in [0.05, 0.1) is 14.1 Å². The number of amides is 1. The van der Waals surface area contributed by atoms with Crippen LogP contribution in [0, 0.1) is 0 Å². The first-order valence-electron chi connectivity index (χ1n) is 9.80. The average Bonchev–Trinajstić information content (AvgIpc) is 2.71. The third-order valence-electron chi connectivity index (χ3n) is 6.13. The normalized spacial score (nSPS) is 18.0. The molecule has 1 unspecified atom stereocenters. The second-order valence-electron chi connectivity index (χ2n) is 7.20. The van der Waals surface area contributed by atoms with Gasteiger partial charge in [0, 0.05) is 5.20 Å². The van der Waals surface area contributed by atoms with Crippen molar-refractivity contribution in [2.24, 2.45) is 0 Å². The lowest BCUT2D eigenvalue weighted by atomic mass is 9.91. The van der Waals surface area contributed by atoms with E-state index >= 15 is 0 Å². The molecule has 0 spiro atoms. The first-order chi connectivity index (χ1) is 12.6. The van der Waals surface area contributed by atoms with Crippen LogP contribution in [0.4, 0.5) is 0 Å². The van der Waals surface area contributed by atoms with Gasteiger partial charge >= 0.3 is 0 Å². The Morgan fingerprint density at radius 1 is 0.885 bits per heavy atom. The number of benzene rings is 2. The molecule has 1 N–H and O–H groups in total. The molecule has 0 aliphatic carbocycles. The summed E-state index contributed by atoms with van der Waals surface area (Å²) in [5.74, 6) is 0.168. The maximum Gasteiger partial charge on any atom is 0.243 e. The van der Waals surface area contributed by atoms with Crippen LogP contribution in [0.5, 0.6) is 0 Å². The van der Waals surface area contributed by atoms with Crippen molar-refractivity contribution in [3.63, 3.8) is 0 Å². The second-order valence-corrected chi connectivity index (χ2v) is 12.4. The quantitative estimate of drug-likeness (QED) is 0.651. The monoisotopic (exact) mass is 363 g/mol. The lowest BCUT2D eigenvalue weighted by Gasteiger charge is -2.38. The molecular weight excluding hydrogens is 334 g/mol. The minimum absolute atomic E-state index is 0.0555. The van der Waals surface area contributed by atoms with E-state index in [1.165, 1.54) is 16.7 Å². The van der Waals surface area contributed by atoms with Gasteiger partial charge in [0.25, 0.3) is 0 Å². The van der Waals surface area contributed by atoms with Crippen molar-refractivity contribution in [2.75, 3.05) is 0 Å². The van der Waals surface area contributed by atoms with Crippen molar-refractivity contribution in [3.05, 3.63) is 77.0 Å². The van der Waals surface area contributed by atoms with Crippen molar-refractivity contribution in [2.45, 2.75) is 51.4 Å². The van der Waals surface area contributed by atoms with Crippen LogP contribution in [-0.4, -0.2) is 14.0 Å². The van der Waals surface area contributed by atoms with Crippen LogP contribution in [0.15, 0.2) is 65.9 Å². The SMILES string of the molecule is CC[Si](CC)(CC)C1=C(c2ccccc2)CC(c2ccccc2)NC1=O. The molecule has 0 fully saturated rings. The fraction of sp³-hybridized carbons (Fsp3) is 0.348. The van der Waals surface area contributed by atoms with Crippen molar-refractivity contribution in [1.82, 2.24) is 5.32 Å². The summed E-state index contributed by atoms with van der Waals surface area (Å²) in [7, 11) is -1.79. The largest absolute Gasteiger partial charge is 0.346 e. The molecule has 2 aromatic rings. The second kappa shape index (κ2) is 8.04. The molecule has 0 saturated carbocycles. The Labute approximate surface area is 158 Å². The minimum Gasteiger partial charge on any atom is -0.346 e. The summed E-state index contributed by atoms with van der Waals surface area (Å²) >= 11 is 0.